The Hall–Kier alpha value is -0.820. The summed E-state index contributed by atoms with van der Waals surface area (Å²) < 4.78 is 40.4. The number of nitrogens with one attached hydrogen (secondary N) is 1. The second kappa shape index (κ2) is 7.50. The summed E-state index contributed by atoms with van der Waals surface area (Å²) in [6.07, 6.45) is -4.57. The van der Waals surface area contributed by atoms with Crippen LogP contribution in [-0.4, -0.2) is 57.4 Å². The van der Waals surface area contributed by atoms with Crippen LogP contribution < -0.4 is 5.32 Å². The third-order valence-electron chi connectivity index (χ3n) is 2.41. The van der Waals surface area contributed by atoms with Gasteiger partial charge in [-0.1, -0.05) is 0 Å². The Morgan fingerprint density at radius 2 is 2.00 bits per heavy atom. The molecule has 0 aromatic heterocycles. The molecule has 1 unspecified atom stereocenters. The van der Waals surface area contributed by atoms with E-state index in [1.807, 2.05) is 0 Å². The van der Waals surface area contributed by atoms with Gasteiger partial charge in [-0.05, 0) is 27.1 Å². The number of nitrogens with zero attached hydrogens (tertiary/aromatic N) is 1. The molecule has 0 radical (unpaired) electrons. The minimum absolute atomic E-state index is 0.0683. The molecule has 1 N–H and O–H groups in total. The normalized spacial score (nSPS) is 13.8. The number of carbonyl (C=O) groups is 1. The van der Waals surface area contributed by atoms with E-state index in [0.717, 1.165) is 0 Å². The van der Waals surface area contributed by atoms with Crippen molar-refractivity contribution in [2.75, 3.05) is 34.3 Å². The van der Waals surface area contributed by atoms with Gasteiger partial charge in [-0.15, -0.1) is 0 Å². The van der Waals surface area contributed by atoms with E-state index >= 15 is 0 Å². The lowest BCUT2D eigenvalue weighted by atomic mass is 10.2. The molecule has 0 aliphatic heterocycles. The van der Waals surface area contributed by atoms with Gasteiger partial charge in [0.25, 0.3) is 0 Å². The van der Waals surface area contributed by atoms with E-state index in [-0.39, 0.29) is 6.54 Å². The minimum atomic E-state index is -4.14. The molecule has 0 spiro atoms. The van der Waals surface area contributed by atoms with Gasteiger partial charge < -0.3 is 15.0 Å². The van der Waals surface area contributed by atoms with Crippen LogP contribution in [0.4, 0.5) is 13.2 Å². The zero-order chi connectivity index (χ0) is 13.5. The molecule has 7 heteroatoms. The Morgan fingerprint density at radius 1 is 1.41 bits per heavy atom. The first-order valence-corrected chi connectivity index (χ1v) is 5.30. The standard InChI is InChI=1S/C10H19F3N2O2/c1-14-8(9(16)17-3)4-6-15(2)7-5-10(11,12)13/h8,14H,4-7H2,1-3H3. The molecule has 4 nitrogen and oxygen atoms in total. The number of rotatable bonds is 7. The van der Waals surface area contributed by atoms with Gasteiger partial charge in [-0.25, -0.2) is 0 Å². The predicted molar refractivity (Wildman–Crippen MR) is 57.6 cm³/mol. The number of alkyl halides is 3. The summed E-state index contributed by atoms with van der Waals surface area (Å²) >= 11 is 0. The number of hydrogen-bond donors (Lipinski definition) is 1. The van der Waals surface area contributed by atoms with E-state index in [4.69, 9.17) is 0 Å². The number of carbonyl (C=O) groups excluding carboxylic acids is 1. The molecule has 0 bridgehead atoms. The van der Waals surface area contributed by atoms with Gasteiger partial charge in [0.05, 0.1) is 13.5 Å². The average molecular weight is 256 g/mol. The number of hydrogen-bond acceptors (Lipinski definition) is 4. The van der Waals surface area contributed by atoms with E-state index in [9.17, 15) is 18.0 Å². The monoisotopic (exact) mass is 256 g/mol. The highest BCUT2D eigenvalue weighted by molar-refractivity contribution is 5.75. The second-order valence-electron chi connectivity index (χ2n) is 3.82. The summed E-state index contributed by atoms with van der Waals surface area (Å²) in [4.78, 5) is 12.7. The number of ether oxygens (including phenoxy) is 1. The highest BCUT2D eigenvalue weighted by Gasteiger charge is 2.27. The molecule has 0 fully saturated rings. The van der Waals surface area contributed by atoms with Crippen LogP contribution in [0.3, 0.4) is 0 Å². The molecule has 1 atom stereocenters. The summed E-state index contributed by atoms with van der Waals surface area (Å²) in [5.41, 5.74) is 0. The molecular weight excluding hydrogens is 237 g/mol. The summed E-state index contributed by atoms with van der Waals surface area (Å²) in [6.45, 7) is 0.331. The van der Waals surface area contributed by atoms with Crippen molar-refractivity contribution in [1.29, 1.82) is 0 Å². The Bertz CT molecular complexity index is 234. The van der Waals surface area contributed by atoms with E-state index in [0.29, 0.717) is 13.0 Å². The molecule has 0 aliphatic carbocycles. The summed E-state index contributed by atoms with van der Waals surface area (Å²) in [7, 11) is 4.48. The van der Waals surface area contributed by atoms with Crippen molar-refractivity contribution >= 4 is 5.97 Å². The number of likely N-dealkylation sites (N-methyl/N-ethyl adjacent to an activating group) is 1. The van der Waals surface area contributed by atoms with Crippen molar-refractivity contribution in [2.24, 2.45) is 0 Å². The largest absolute Gasteiger partial charge is 0.468 e. The van der Waals surface area contributed by atoms with Crippen molar-refractivity contribution in [3.05, 3.63) is 0 Å². The quantitative estimate of drug-likeness (QED) is 0.691. The maximum Gasteiger partial charge on any atom is 0.390 e. The van der Waals surface area contributed by atoms with Crippen molar-refractivity contribution in [3.8, 4) is 0 Å². The third-order valence-corrected chi connectivity index (χ3v) is 2.41. The van der Waals surface area contributed by atoms with Crippen molar-refractivity contribution in [1.82, 2.24) is 10.2 Å². The number of methoxy groups -OCH3 is 1. The van der Waals surface area contributed by atoms with Gasteiger partial charge in [-0.3, -0.25) is 4.79 Å². The smallest absolute Gasteiger partial charge is 0.390 e. The number of esters is 1. The molecule has 0 aromatic carbocycles. The summed E-state index contributed by atoms with van der Waals surface area (Å²) in [5, 5.41) is 2.76. The zero-order valence-corrected chi connectivity index (χ0v) is 10.3. The first kappa shape index (κ1) is 16.2. The Balaban J connectivity index is 3.89. The second-order valence-corrected chi connectivity index (χ2v) is 3.82. The predicted octanol–water partition coefficient (Wildman–Crippen LogP) is 1.02. The van der Waals surface area contributed by atoms with Crippen LogP contribution in [-0.2, 0) is 9.53 Å². The highest BCUT2D eigenvalue weighted by atomic mass is 19.4. The maximum atomic E-state index is 12.0. The van der Waals surface area contributed by atoms with Crippen LogP contribution in [0.15, 0.2) is 0 Å². The van der Waals surface area contributed by atoms with Crippen molar-refractivity contribution in [3.63, 3.8) is 0 Å². The van der Waals surface area contributed by atoms with E-state index in [1.54, 1.807) is 19.0 Å². The molecular formula is C10H19F3N2O2. The molecule has 0 rings (SSSR count). The van der Waals surface area contributed by atoms with Crippen LogP contribution in [0.2, 0.25) is 0 Å². The molecule has 0 saturated carbocycles. The van der Waals surface area contributed by atoms with Crippen LogP contribution in [0.5, 0.6) is 0 Å². The number of halogens is 3. The molecule has 0 aliphatic rings. The molecule has 0 heterocycles. The first-order chi connectivity index (χ1) is 7.80. The van der Waals surface area contributed by atoms with Gasteiger partial charge in [0.2, 0.25) is 0 Å². The molecule has 0 aromatic rings. The van der Waals surface area contributed by atoms with Gasteiger partial charge in [0.1, 0.15) is 6.04 Å². The first-order valence-electron chi connectivity index (χ1n) is 5.30. The lowest BCUT2D eigenvalue weighted by molar-refractivity contribution is -0.144. The van der Waals surface area contributed by atoms with Crippen LogP contribution in [0.1, 0.15) is 12.8 Å². The average Bonchev–Trinajstić information content (AvgIpc) is 2.25. The van der Waals surface area contributed by atoms with Crippen LogP contribution in [0, 0.1) is 0 Å². The summed E-state index contributed by atoms with van der Waals surface area (Å²) in [5.74, 6) is -0.406. The molecule has 102 valence electrons. The van der Waals surface area contributed by atoms with E-state index < -0.39 is 24.6 Å². The Labute approximate surface area is 99.1 Å². The minimum Gasteiger partial charge on any atom is -0.468 e. The van der Waals surface area contributed by atoms with Crippen molar-refractivity contribution in [2.45, 2.75) is 25.1 Å². The fraction of sp³-hybridized carbons (Fsp3) is 0.900. The van der Waals surface area contributed by atoms with E-state index in [1.165, 1.54) is 7.11 Å². The lowest BCUT2D eigenvalue weighted by Crippen LogP contribution is -2.38. The fourth-order valence-electron chi connectivity index (χ4n) is 1.30. The van der Waals surface area contributed by atoms with Gasteiger partial charge >= 0.3 is 12.1 Å². The Morgan fingerprint density at radius 3 is 2.41 bits per heavy atom. The molecule has 0 saturated heterocycles. The van der Waals surface area contributed by atoms with Crippen LogP contribution in [0.25, 0.3) is 0 Å². The SMILES string of the molecule is CNC(CCN(C)CCC(F)(F)F)C(=O)OC. The maximum absolute atomic E-state index is 12.0. The highest BCUT2D eigenvalue weighted by Crippen LogP contribution is 2.19. The Kier molecular flexibility index (Phi) is 7.13. The van der Waals surface area contributed by atoms with Crippen LogP contribution >= 0.6 is 0 Å². The molecule has 17 heavy (non-hydrogen) atoms. The van der Waals surface area contributed by atoms with Crippen molar-refractivity contribution < 1.29 is 22.7 Å². The molecule has 0 amide bonds. The summed E-state index contributed by atoms with van der Waals surface area (Å²) in [6, 6.07) is -0.478. The lowest BCUT2D eigenvalue weighted by Gasteiger charge is -2.20. The van der Waals surface area contributed by atoms with Gasteiger partial charge in [0.15, 0.2) is 0 Å². The topological polar surface area (TPSA) is 41.6 Å². The third kappa shape index (κ3) is 7.98. The fourth-order valence-corrected chi connectivity index (χ4v) is 1.30. The van der Waals surface area contributed by atoms with E-state index in [2.05, 4.69) is 10.1 Å². The zero-order valence-electron chi connectivity index (χ0n) is 10.3. The van der Waals surface area contributed by atoms with Gasteiger partial charge in [-0.2, -0.15) is 13.2 Å². The van der Waals surface area contributed by atoms with Gasteiger partial charge in [0, 0.05) is 6.54 Å².